The van der Waals surface area contributed by atoms with Crippen LogP contribution >= 0.6 is 11.8 Å². The van der Waals surface area contributed by atoms with Crippen molar-refractivity contribution in [2.45, 2.75) is 16.2 Å². The topological polar surface area (TPSA) is 145 Å². The van der Waals surface area contributed by atoms with E-state index in [0.717, 1.165) is 17.0 Å². The maximum Gasteiger partial charge on any atom is 0.346 e. The smallest absolute Gasteiger partial charge is 0.346 e. The number of likely N-dealkylation sites (N-methyl/N-ethyl adjacent to an activating group) is 1. The predicted molar refractivity (Wildman–Crippen MR) is 148 cm³/mol. The highest BCUT2D eigenvalue weighted by atomic mass is 32.2. The second kappa shape index (κ2) is 12.1. The Morgan fingerprint density at radius 3 is 2.35 bits per heavy atom. The molecule has 3 aromatic rings. The number of nitro groups is 2. The van der Waals surface area contributed by atoms with Crippen LogP contribution in [0.2, 0.25) is 0 Å². The molecule has 1 aliphatic heterocycles. The molecule has 0 N–H and O–H groups in total. The Bertz CT molecular complexity index is 1450. The van der Waals surface area contributed by atoms with Crippen molar-refractivity contribution in [1.82, 2.24) is 4.90 Å². The molecule has 0 radical (unpaired) electrons. The molecule has 1 heterocycles. The average molecular weight is 567 g/mol. The molecule has 2 atom stereocenters. The fourth-order valence-corrected chi connectivity index (χ4v) is 5.51. The van der Waals surface area contributed by atoms with E-state index in [2.05, 4.69) is 0 Å². The number of fused-ring (bicyclic) bond motifs is 1. The van der Waals surface area contributed by atoms with Gasteiger partial charge in [-0.25, -0.2) is 4.79 Å². The molecule has 0 fully saturated rings. The van der Waals surface area contributed by atoms with E-state index in [0.29, 0.717) is 36.2 Å². The summed E-state index contributed by atoms with van der Waals surface area (Å²) in [6.07, 6.45) is -1.38. The number of hydrogen-bond acceptors (Lipinski definition) is 10. The van der Waals surface area contributed by atoms with Gasteiger partial charge in [-0.1, -0.05) is 24.3 Å². The molecule has 0 aromatic heterocycles. The van der Waals surface area contributed by atoms with Crippen LogP contribution in [0, 0.1) is 20.2 Å². The van der Waals surface area contributed by atoms with E-state index in [1.165, 1.54) is 18.9 Å². The van der Waals surface area contributed by atoms with Gasteiger partial charge >= 0.3 is 5.97 Å². The molecular formula is C27H26N4O8S. The standard InChI is InChI=1S/C27H26N4O8S/c1-28(2)14-15-29-21-6-4-5-7-23(21)40-25(17-8-11-19(38-3)12-9-17)24(26(29)32)39-27(33)20-13-10-18(30(34)35)16-22(20)31(36)37/h4-13,16,24-25H,14-15H2,1-3H3. The van der Waals surface area contributed by atoms with Gasteiger partial charge in [0.15, 0.2) is 6.10 Å². The van der Waals surface area contributed by atoms with Crippen molar-refractivity contribution >= 4 is 40.7 Å². The summed E-state index contributed by atoms with van der Waals surface area (Å²) in [6, 6.07) is 16.9. The van der Waals surface area contributed by atoms with Gasteiger partial charge in [-0.2, -0.15) is 0 Å². The van der Waals surface area contributed by atoms with E-state index in [9.17, 15) is 29.8 Å². The molecule has 12 nitrogen and oxygen atoms in total. The summed E-state index contributed by atoms with van der Waals surface area (Å²) in [5.74, 6) is -1.05. The third-order valence-electron chi connectivity index (χ3n) is 6.25. The lowest BCUT2D eigenvalue weighted by Gasteiger charge is -2.28. The van der Waals surface area contributed by atoms with E-state index in [4.69, 9.17) is 9.47 Å². The van der Waals surface area contributed by atoms with Crippen LogP contribution in [0.4, 0.5) is 17.1 Å². The minimum atomic E-state index is -1.38. The van der Waals surface area contributed by atoms with Crippen LogP contribution in [0.3, 0.4) is 0 Å². The molecule has 0 saturated carbocycles. The monoisotopic (exact) mass is 566 g/mol. The first-order chi connectivity index (χ1) is 19.1. The number of rotatable bonds is 9. The predicted octanol–water partition coefficient (Wildman–Crippen LogP) is 4.48. The molecule has 3 aromatic carbocycles. The number of carbonyl (C=O) groups is 2. The minimum Gasteiger partial charge on any atom is -0.497 e. The highest BCUT2D eigenvalue weighted by molar-refractivity contribution is 7.99. The molecule has 1 aliphatic rings. The maximum atomic E-state index is 14.1. The van der Waals surface area contributed by atoms with Gasteiger partial charge in [0.25, 0.3) is 17.3 Å². The molecule has 40 heavy (non-hydrogen) atoms. The van der Waals surface area contributed by atoms with Crippen LogP contribution in [-0.4, -0.2) is 67.0 Å². The van der Waals surface area contributed by atoms with Gasteiger partial charge in [-0.05, 0) is 50.0 Å². The number of hydrogen-bond donors (Lipinski definition) is 0. The summed E-state index contributed by atoms with van der Waals surface area (Å²) in [6.45, 7) is 0.816. The molecular weight excluding hydrogens is 540 g/mol. The molecule has 0 saturated heterocycles. The zero-order valence-electron chi connectivity index (χ0n) is 21.9. The summed E-state index contributed by atoms with van der Waals surface area (Å²) >= 11 is 1.33. The van der Waals surface area contributed by atoms with Gasteiger partial charge in [-0.15, -0.1) is 11.8 Å². The molecule has 0 spiro atoms. The summed E-state index contributed by atoms with van der Waals surface area (Å²) in [7, 11) is 5.27. The molecule has 2 unspecified atom stereocenters. The molecule has 13 heteroatoms. The second-order valence-corrected chi connectivity index (χ2v) is 10.3. The van der Waals surface area contributed by atoms with Crippen molar-refractivity contribution < 1.29 is 28.9 Å². The Morgan fingerprint density at radius 1 is 1.02 bits per heavy atom. The van der Waals surface area contributed by atoms with Gasteiger partial charge in [0.1, 0.15) is 11.3 Å². The van der Waals surface area contributed by atoms with Crippen molar-refractivity contribution in [2.24, 2.45) is 0 Å². The zero-order chi connectivity index (χ0) is 29.0. The van der Waals surface area contributed by atoms with E-state index in [1.54, 1.807) is 29.2 Å². The van der Waals surface area contributed by atoms with Crippen LogP contribution in [0.1, 0.15) is 21.2 Å². The SMILES string of the molecule is COc1ccc(C2Sc3ccccc3N(CCN(C)C)C(=O)C2OC(=O)c2ccc([N+](=O)[O-])cc2[N+](=O)[O-])cc1. The fraction of sp³-hybridized carbons (Fsp3) is 0.259. The Hall–Kier alpha value is -4.49. The maximum absolute atomic E-state index is 14.1. The van der Waals surface area contributed by atoms with E-state index < -0.39 is 50.0 Å². The first kappa shape index (κ1) is 28.5. The van der Waals surface area contributed by atoms with Crippen LogP contribution in [-0.2, 0) is 9.53 Å². The number of thioether (sulfide) groups is 1. The number of amides is 1. The number of ether oxygens (including phenoxy) is 2. The van der Waals surface area contributed by atoms with Gasteiger partial charge in [0.05, 0.1) is 34.0 Å². The number of benzene rings is 3. The Morgan fingerprint density at radius 2 is 1.73 bits per heavy atom. The number of nitro benzene ring substituents is 2. The van der Waals surface area contributed by atoms with Crippen molar-refractivity contribution in [1.29, 1.82) is 0 Å². The Kier molecular flexibility index (Phi) is 8.65. The number of para-hydroxylation sites is 1. The van der Waals surface area contributed by atoms with Crippen LogP contribution in [0.15, 0.2) is 71.6 Å². The van der Waals surface area contributed by atoms with Crippen LogP contribution < -0.4 is 9.64 Å². The third kappa shape index (κ3) is 6.05. The fourth-order valence-electron chi connectivity index (χ4n) is 4.20. The number of methoxy groups -OCH3 is 1. The Balaban J connectivity index is 1.80. The molecule has 4 rings (SSSR count). The second-order valence-electron chi connectivity index (χ2n) is 9.11. The van der Waals surface area contributed by atoms with Gasteiger partial charge < -0.3 is 19.3 Å². The summed E-state index contributed by atoms with van der Waals surface area (Å²) in [5, 5.41) is 22.1. The number of esters is 1. The van der Waals surface area contributed by atoms with E-state index in [-0.39, 0.29) is 0 Å². The summed E-state index contributed by atoms with van der Waals surface area (Å²) < 4.78 is 11.0. The number of carbonyl (C=O) groups excluding carboxylic acids is 2. The van der Waals surface area contributed by atoms with Crippen molar-refractivity contribution in [2.75, 3.05) is 39.2 Å². The summed E-state index contributed by atoms with van der Waals surface area (Å²) in [5.41, 5.74) is -0.520. The number of nitrogens with zero attached hydrogens (tertiary/aromatic N) is 4. The number of non-ortho nitro benzene ring substituents is 1. The quantitative estimate of drug-likeness (QED) is 0.206. The summed E-state index contributed by atoms with van der Waals surface area (Å²) in [4.78, 5) is 52.9. The van der Waals surface area contributed by atoms with E-state index in [1.807, 2.05) is 43.3 Å². The Labute approximate surface area is 233 Å². The van der Waals surface area contributed by atoms with Gasteiger partial charge in [-0.3, -0.25) is 25.0 Å². The first-order valence-corrected chi connectivity index (χ1v) is 13.0. The van der Waals surface area contributed by atoms with E-state index >= 15 is 0 Å². The highest BCUT2D eigenvalue weighted by Gasteiger charge is 2.42. The van der Waals surface area contributed by atoms with Crippen molar-refractivity contribution in [3.05, 3.63) is 98.1 Å². The first-order valence-electron chi connectivity index (χ1n) is 12.1. The lowest BCUT2D eigenvalue weighted by atomic mass is 10.0. The lowest BCUT2D eigenvalue weighted by Crippen LogP contribution is -2.45. The number of anilines is 1. The largest absolute Gasteiger partial charge is 0.497 e. The van der Waals surface area contributed by atoms with Gasteiger partial charge in [0.2, 0.25) is 0 Å². The third-order valence-corrected chi connectivity index (χ3v) is 7.62. The zero-order valence-corrected chi connectivity index (χ0v) is 22.7. The minimum absolute atomic E-state index is 0.296. The van der Waals surface area contributed by atoms with Crippen LogP contribution in [0.25, 0.3) is 0 Å². The molecule has 1 amide bonds. The lowest BCUT2D eigenvalue weighted by molar-refractivity contribution is -0.394. The van der Waals surface area contributed by atoms with Crippen LogP contribution in [0.5, 0.6) is 5.75 Å². The average Bonchev–Trinajstić information content (AvgIpc) is 3.05. The molecule has 0 aliphatic carbocycles. The highest BCUT2D eigenvalue weighted by Crippen LogP contribution is 2.47. The van der Waals surface area contributed by atoms with Gasteiger partial charge in [0, 0.05) is 24.1 Å². The molecule has 0 bridgehead atoms. The van der Waals surface area contributed by atoms with Crippen molar-refractivity contribution in [3.8, 4) is 5.75 Å². The normalized spacial score (nSPS) is 16.7. The molecule has 208 valence electrons. The van der Waals surface area contributed by atoms with Crippen molar-refractivity contribution in [3.63, 3.8) is 0 Å².